The lowest BCUT2D eigenvalue weighted by Gasteiger charge is -2.26. The lowest BCUT2D eigenvalue weighted by Crippen LogP contribution is -2.19. The molecule has 3 unspecified atom stereocenters. The number of hydrogen-bond donors (Lipinski definition) is 2. The molecule has 3 saturated heterocycles. The molecule has 9 nitrogen and oxygen atoms in total. The Hall–Kier alpha value is -3.74. The van der Waals surface area contributed by atoms with E-state index in [-0.39, 0.29) is 47.0 Å². The molecule has 254 valence electrons. The topological polar surface area (TPSA) is 104 Å². The first kappa shape index (κ1) is 35.1. The monoisotopic (exact) mass is 654 g/mol. The zero-order chi connectivity index (χ0) is 33.1. The fourth-order valence-corrected chi connectivity index (χ4v) is 5.48. The van der Waals surface area contributed by atoms with E-state index in [1.165, 1.54) is 18.6 Å². The van der Waals surface area contributed by atoms with Crippen molar-refractivity contribution < 1.29 is 50.8 Å². The normalized spacial score (nSPS) is 22.2. The summed E-state index contributed by atoms with van der Waals surface area (Å²) >= 11 is 0. The summed E-state index contributed by atoms with van der Waals surface area (Å²) in [6, 6.07) is 9.79. The van der Waals surface area contributed by atoms with Crippen molar-refractivity contribution in [3.63, 3.8) is 0 Å². The van der Waals surface area contributed by atoms with Crippen molar-refractivity contribution >= 4 is 11.8 Å². The first-order chi connectivity index (χ1) is 22.2. The summed E-state index contributed by atoms with van der Waals surface area (Å²) in [6.07, 6.45) is 4.78. The molecule has 0 bridgehead atoms. The molecular formula is C33H42F4N2O7. The van der Waals surface area contributed by atoms with Crippen LogP contribution < -0.4 is 29.6 Å². The highest BCUT2D eigenvalue weighted by atomic mass is 19.3. The van der Waals surface area contributed by atoms with Gasteiger partial charge in [0.05, 0.1) is 19.8 Å². The number of hydrogen-bond acceptors (Lipinski definition) is 7. The second-order valence-electron chi connectivity index (χ2n) is 11.3. The molecule has 2 aromatic rings. The van der Waals surface area contributed by atoms with E-state index in [1.54, 1.807) is 24.3 Å². The van der Waals surface area contributed by atoms with Crippen LogP contribution in [0, 0.1) is 5.92 Å². The number of carbonyl (C=O) groups is 2. The Bertz CT molecular complexity index is 1290. The molecule has 0 aromatic heterocycles. The molecule has 0 radical (unpaired) electrons. The van der Waals surface area contributed by atoms with Gasteiger partial charge >= 0.3 is 13.2 Å². The summed E-state index contributed by atoms with van der Waals surface area (Å²) in [4.78, 5) is 22.6. The molecular weight excluding hydrogens is 612 g/mol. The quantitative estimate of drug-likeness (QED) is 0.280. The summed E-state index contributed by atoms with van der Waals surface area (Å²) in [5.41, 5.74) is 1.78. The molecule has 1 saturated carbocycles. The molecule has 2 N–H and O–H groups in total. The minimum atomic E-state index is -2.91. The first-order valence-electron chi connectivity index (χ1n) is 15.8. The Morgan fingerprint density at radius 2 is 1.33 bits per heavy atom. The number of alkyl halides is 4. The molecule has 4 fully saturated rings. The molecule has 2 aromatic carbocycles. The fourth-order valence-electron chi connectivity index (χ4n) is 5.48. The largest absolute Gasteiger partial charge is 0.489 e. The third-order valence-electron chi connectivity index (χ3n) is 8.15. The Kier molecular flexibility index (Phi) is 13.2. The predicted molar refractivity (Wildman–Crippen MR) is 161 cm³/mol. The van der Waals surface area contributed by atoms with Crippen molar-refractivity contribution in [1.29, 1.82) is 0 Å². The van der Waals surface area contributed by atoms with Gasteiger partial charge in [-0.3, -0.25) is 9.59 Å². The molecule has 46 heavy (non-hydrogen) atoms. The molecule has 3 heterocycles. The summed E-state index contributed by atoms with van der Waals surface area (Å²) in [5, 5.41) is 5.53. The van der Waals surface area contributed by atoms with Crippen molar-refractivity contribution in [1.82, 2.24) is 10.6 Å². The van der Waals surface area contributed by atoms with Crippen LogP contribution in [0.2, 0.25) is 0 Å². The van der Waals surface area contributed by atoms with E-state index < -0.39 is 13.2 Å². The van der Waals surface area contributed by atoms with Crippen LogP contribution in [0.3, 0.4) is 0 Å². The Morgan fingerprint density at radius 3 is 1.76 bits per heavy atom. The van der Waals surface area contributed by atoms with Crippen molar-refractivity contribution in [3.8, 4) is 23.0 Å². The SMILES string of the molecule is CC.O=C1CC(c2ccc(OC(F)F)c(OC3CCOC3)c2)CN1.O=C1CC(c2ccc(OC(F)F)c(OCC3CCC3)c2)CN1. The van der Waals surface area contributed by atoms with Crippen molar-refractivity contribution in [3.05, 3.63) is 47.5 Å². The summed E-state index contributed by atoms with van der Waals surface area (Å²) in [5.74, 6) is 1.24. The average Bonchev–Trinajstić information content (AvgIpc) is 3.78. The van der Waals surface area contributed by atoms with E-state index in [1.807, 2.05) is 13.8 Å². The molecule has 3 aliphatic heterocycles. The van der Waals surface area contributed by atoms with Gasteiger partial charge < -0.3 is 34.3 Å². The van der Waals surface area contributed by atoms with E-state index in [0.29, 0.717) is 63.8 Å². The van der Waals surface area contributed by atoms with Crippen molar-refractivity contribution in [2.75, 3.05) is 32.9 Å². The molecule has 6 rings (SSSR count). The van der Waals surface area contributed by atoms with Crippen molar-refractivity contribution in [2.45, 2.75) is 83.5 Å². The highest BCUT2D eigenvalue weighted by Gasteiger charge is 2.27. The molecule has 3 atom stereocenters. The van der Waals surface area contributed by atoms with E-state index in [9.17, 15) is 27.2 Å². The minimum absolute atomic E-state index is 0.00272. The van der Waals surface area contributed by atoms with Gasteiger partial charge in [0.1, 0.15) is 6.10 Å². The smallest absolute Gasteiger partial charge is 0.387 e. The Labute approximate surface area is 266 Å². The number of ether oxygens (including phenoxy) is 5. The van der Waals surface area contributed by atoms with Crippen LogP contribution in [0.4, 0.5) is 17.6 Å². The van der Waals surface area contributed by atoms with E-state index in [2.05, 4.69) is 20.1 Å². The summed E-state index contributed by atoms with van der Waals surface area (Å²) < 4.78 is 75.7. The number of halogens is 4. The number of amides is 2. The van der Waals surface area contributed by atoms with Gasteiger partial charge in [0.25, 0.3) is 0 Å². The Balaban J connectivity index is 0.000000198. The van der Waals surface area contributed by atoms with Gasteiger partial charge in [-0.2, -0.15) is 17.6 Å². The first-order valence-corrected chi connectivity index (χ1v) is 15.8. The number of nitrogens with one attached hydrogen (secondary N) is 2. The van der Waals surface area contributed by atoms with Gasteiger partial charge in [0, 0.05) is 44.2 Å². The summed E-state index contributed by atoms with van der Waals surface area (Å²) in [7, 11) is 0. The second-order valence-corrected chi connectivity index (χ2v) is 11.3. The molecule has 4 aliphatic rings. The highest BCUT2D eigenvalue weighted by molar-refractivity contribution is 5.80. The van der Waals surface area contributed by atoms with Crippen LogP contribution in [0.5, 0.6) is 23.0 Å². The van der Waals surface area contributed by atoms with Gasteiger partial charge in [-0.1, -0.05) is 32.4 Å². The Morgan fingerprint density at radius 1 is 0.783 bits per heavy atom. The third-order valence-corrected chi connectivity index (χ3v) is 8.15. The zero-order valence-corrected chi connectivity index (χ0v) is 26.1. The lowest BCUT2D eigenvalue weighted by molar-refractivity contribution is -0.120. The van der Waals surface area contributed by atoms with Crippen LogP contribution in [0.15, 0.2) is 36.4 Å². The van der Waals surface area contributed by atoms with Crippen LogP contribution in [0.25, 0.3) is 0 Å². The van der Waals surface area contributed by atoms with E-state index in [0.717, 1.165) is 24.0 Å². The van der Waals surface area contributed by atoms with Crippen molar-refractivity contribution in [2.24, 2.45) is 5.92 Å². The third kappa shape index (κ3) is 10.1. The number of benzene rings is 2. The van der Waals surface area contributed by atoms with Gasteiger partial charge in [0.2, 0.25) is 11.8 Å². The molecule has 13 heteroatoms. The molecule has 1 aliphatic carbocycles. The van der Waals surface area contributed by atoms with Gasteiger partial charge in [-0.15, -0.1) is 0 Å². The van der Waals surface area contributed by atoms with Gasteiger partial charge in [-0.25, -0.2) is 0 Å². The maximum Gasteiger partial charge on any atom is 0.387 e. The zero-order valence-electron chi connectivity index (χ0n) is 26.1. The fraction of sp³-hybridized carbons (Fsp3) is 0.576. The van der Waals surface area contributed by atoms with Crippen LogP contribution >= 0.6 is 0 Å². The highest BCUT2D eigenvalue weighted by Crippen LogP contribution is 2.37. The van der Waals surface area contributed by atoms with E-state index in [4.69, 9.17) is 14.2 Å². The maximum absolute atomic E-state index is 12.5. The van der Waals surface area contributed by atoms with E-state index >= 15 is 0 Å². The molecule has 2 amide bonds. The molecule has 0 spiro atoms. The number of carbonyl (C=O) groups excluding carboxylic acids is 2. The van der Waals surface area contributed by atoms with Crippen LogP contribution in [-0.2, 0) is 14.3 Å². The average molecular weight is 655 g/mol. The number of rotatable bonds is 11. The maximum atomic E-state index is 12.5. The standard InChI is InChI=1S/C16H19F2NO3.C15H17F2NO4.C2H6/c17-16(18)22-13-5-4-11(12-7-15(20)19-8-12)6-14(13)21-9-10-2-1-3-10;16-15(17)22-12-2-1-9(10-6-14(19)18-7-10)5-13(12)21-11-3-4-20-8-11;1-2/h4-6,10,12,16H,1-3,7-9H2,(H,19,20);1-2,5,10-11,15H,3-4,6-8H2,(H,18,19);1-2H3. The second kappa shape index (κ2) is 17.3. The van der Waals surface area contributed by atoms with Crippen LogP contribution in [-0.4, -0.2) is 64.1 Å². The van der Waals surface area contributed by atoms with Gasteiger partial charge in [0.15, 0.2) is 23.0 Å². The predicted octanol–water partition coefficient (Wildman–Crippen LogP) is 6.16. The minimum Gasteiger partial charge on any atom is -0.489 e. The van der Waals surface area contributed by atoms with Gasteiger partial charge in [-0.05, 0) is 54.2 Å². The summed E-state index contributed by atoms with van der Waals surface area (Å²) in [6.45, 7) is 0.855. The lowest BCUT2D eigenvalue weighted by atomic mass is 9.86. The van der Waals surface area contributed by atoms with Crippen LogP contribution in [0.1, 0.15) is 75.3 Å².